The van der Waals surface area contributed by atoms with Gasteiger partial charge < -0.3 is 14.7 Å². The molecule has 4 nitrogen and oxygen atoms in total. The van der Waals surface area contributed by atoms with E-state index in [4.69, 9.17) is 0 Å². The van der Waals surface area contributed by atoms with Crippen LogP contribution < -0.4 is 0 Å². The summed E-state index contributed by atoms with van der Waals surface area (Å²) in [6.45, 7) is 13.1. The van der Waals surface area contributed by atoms with Crippen LogP contribution >= 0.6 is 0 Å². The number of likely N-dealkylation sites (tertiary alicyclic amines) is 3. The van der Waals surface area contributed by atoms with Gasteiger partial charge in [0.25, 0.3) is 0 Å². The molecule has 4 fully saturated rings. The summed E-state index contributed by atoms with van der Waals surface area (Å²) in [5.74, 6) is 2.19. The molecule has 0 aromatic rings. The van der Waals surface area contributed by atoms with Crippen molar-refractivity contribution in [3.8, 4) is 0 Å². The molecule has 0 atom stereocenters. The van der Waals surface area contributed by atoms with E-state index < -0.39 is 0 Å². The highest BCUT2D eigenvalue weighted by Gasteiger charge is 2.53. The van der Waals surface area contributed by atoms with Crippen molar-refractivity contribution in [2.75, 3.05) is 45.8 Å². The normalized spacial score (nSPS) is 29.6. The molecule has 0 bridgehead atoms. The van der Waals surface area contributed by atoms with Gasteiger partial charge in [0.05, 0.1) is 0 Å². The maximum absolute atomic E-state index is 11.7. The van der Waals surface area contributed by atoms with E-state index in [0.29, 0.717) is 17.7 Å². The number of rotatable bonds is 4. The van der Waals surface area contributed by atoms with E-state index in [-0.39, 0.29) is 0 Å². The van der Waals surface area contributed by atoms with Crippen LogP contribution in [0.3, 0.4) is 0 Å². The van der Waals surface area contributed by atoms with Crippen molar-refractivity contribution in [1.29, 1.82) is 0 Å². The second kappa shape index (κ2) is 7.19. The van der Waals surface area contributed by atoms with Gasteiger partial charge in [0.15, 0.2) is 0 Å². The Balaban J connectivity index is 1.13. The quantitative estimate of drug-likeness (QED) is 0.782. The van der Waals surface area contributed by atoms with Crippen molar-refractivity contribution in [3.05, 3.63) is 0 Å². The molecule has 142 valence electrons. The van der Waals surface area contributed by atoms with Gasteiger partial charge in [-0.1, -0.05) is 13.8 Å². The number of amides is 1. The Morgan fingerprint density at radius 2 is 1.64 bits per heavy atom. The Bertz CT molecular complexity index is 464. The van der Waals surface area contributed by atoms with Gasteiger partial charge >= 0.3 is 0 Å². The molecule has 4 aliphatic rings. The Kier molecular flexibility index (Phi) is 5.11. The summed E-state index contributed by atoms with van der Waals surface area (Å²) in [7, 11) is 0. The molecule has 3 aliphatic heterocycles. The fourth-order valence-corrected chi connectivity index (χ4v) is 5.94. The van der Waals surface area contributed by atoms with Crippen LogP contribution in [-0.4, -0.2) is 72.5 Å². The Labute approximate surface area is 153 Å². The first-order valence-corrected chi connectivity index (χ1v) is 10.8. The monoisotopic (exact) mass is 347 g/mol. The minimum atomic E-state index is 0.350. The number of carbonyl (C=O) groups excluding carboxylic acids is 1. The number of hydrogen-bond acceptors (Lipinski definition) is 3. The Morgan fingerprint density at radius 3 is 2.24 bits per heavy atom. The average molecular weight is 348 g/mol. The largest absolute Gasteiger partial charge is 0.341 e. The summed E-state index contributed by atoms with van der Waals surface area (Å²) in [4.78, 5) is 19.3. The van der Waals surface area contributed by atoms with Crippen LogP contribution in [-0.2, 0) is 4.79 Å². The summed E-state index contributed by atoms with van der Waals surface area (Å²) >= 11 is 0. The van der Waals surface area contributed by atoms with Crippen LogP contribution in [0.15, 0.2) is 0 Å². The van der Waals surface area contributed by atoms with Crippen molar-refractivity contribution in [2.24, 2.45) is 17.3 Å². The predicted octanol–water partition coefficient (Wildman–Crippen LogP) is 2.83. The molecule has 0 radical (unpaired) electrons. The molecule has 1 aliphatic carbocycles. The average Bonchev–Trinajstić information content (AvgIpc) is 2.56. The van der Waals surface area contributed by atoms with Gasteiger partial charge in [-0.05, 0) is 76.5 Å². The molecule has 4 heteroatoms. The highest BCUT2D eigenvalue weighted by Crippen LogP contribution is 2.52. The van der Waals surface area contributed by atoms with Crippen LogP contribution in [0.5, 0.6) is 0 Å². The zero-order chi connectivity index (χ0) is 17.4. The molecular formula is C21H37N3O. The first-order chi connectivity index (χ1) is 12.1. The van der Waals surface area contributed by atoms with Gasteiger partial charge in [-0.25, -0.2) is 0 Å². The third kappa shape index (κ3) is 3.75. The number of nitrogens with zero attached hydrogens (tertiary/aromatic N) is 3. The standard InChI is InChI=1S/C21H37N3O/c1-3-20(25)24-15-21(16-24)12-18(13-21)14-22-8-6-19(7-9-22)23-10-4-17(2)5-11-23/h17-19H,3-16H2,1-2H3. The van der Waals surface area contributed by atoms with Crippen LogP contribution in [0.4, 0.5) is 0 Å². The molecule has 1 spiro atoms. The second-order valence-corrected chi connectivity index (χ2v) is 9.63. The summed E-state index contributed by atoms with van der Waals surface area (Å²) < 4.78 is 0. The fraction of sp³-hybridized carbons (Fsp3) is 0.952. The molecule has 0 aromatic heterocycles. The van der Waals surface area contributed by atoms with Gasteiger partial charge in [0.1, 0.15) is 0 Å². The van der Waals surface area contributed by atoms with Crippen molar-refractivity contribution < 1.29 is 4.79 Å². The lowest BCUT2D eigenvalue weighted by Gasteiger charge is -2.60. The Morgan fingerprint density at radius 1 is 1.00 bits per heavy atom. The summed E-state index contributed by atoms with van der Waals surface area (Å²) in [5.41, 5.74) is 0.526. The number of hydrogen-bond donors (Lipinski definition) is 0. The maximum atomic E-state index is 11.7. The molecule has 1 amide bonds. The minimum absolute atomic E-state index is 0.350. The maximum Gasteiger partial charge on any atom is 0.222 e. The molecule has 0 unspecified atom stereocenters. The lowest BCUT2D eigenvalue weighted by molar-refractivity contribution is -0.155. The molecule has 4 rings (SSSR count). The van der Waals surface area contributed by atoms with E-state index in [1.165, 1.54) is 71.2 Å². The lowest BCUT2D eigenvalue weighted by Crippen LogP contribution is -2.64. The Hall–Kier alpha value is -0.610. The van der Waals surface area contributed by atoms with E-state index in [1.807, 2.05) is 6.92 Å². The van der Waals surface area contributed by atoms with E-state index in [9.17, 15) is 4.79 Å². The van der Waals surface area contributed by atoms with Gasteiger partial charge in [-0.15, -0.1) is 0 Å². The van der Waals surface area contributed by atoms with E-state index in [1.54, 1.807) is 0 Å². The third-order valence-electron chi connectivity index (χ3n) is 7.56. The molecule has 0 aromatic carbocycles. The van der Waals surface area contributed by atoms with Crippen molar-refractivity contribution in [1.82, 2.24) is 14.7 Å². The van der Waals surface area contributed by atoms with E-state index >= 15 is 0 Å². The number of carbonyl (C=O) groups is 1. The van der Waals surface area contributed by atoms with Crippen molar-refractivity contribution >= 4 is 5.91 Å². The zero-order valence-corrected chi connectivity index (χ0v) is 16.4. The molecule has 0 N–H and O–H groups in total. The van der Waals surface area contributed by atoms with E-state index in [0.717, 1.165) is 31.0 Å². The topological polar surface area (TPSA) is 26.8 Å². The van der Waals surface area contributed by atoms with Crippen LogP contribution in [0.25, 0.3) is 0 Å². The van der Waals surface area contributed by atoms with Crippen LogP contribution in [0.2, 0.25) is 0 Å². The summed E-state index contributed by atoms with van der Waals surface area (Å²) in [6.07, 6.45) is 8.97. The van der Waals surface area contributed by atoms with Gasteiger partial charge in [-0.2, -0.15) is 0 Å². The second-order valence-electron chi connectivity index (χ2n) is 9.63. The minimum Gasteiger partial charge on any atom is -0.341 e. The van der Waals surface area contributed by atoms with Crippen LogP contribution in [0, 0.1) is 17.3 Å². The number of piperidine rings is 2. The van der Waals surface area contributed by atoms with Gasteiger partial charge in [0, 0.05) is 37.5 Å². The highest BCUT2D eigenvalue weighted by atomic mass is 16.2. The summed E-state index contributed by atoms with van der Waals surface area (Å²) in [6, 6.07) is 0.858. The first kappa shape index (κ1) is 17.8. The third-order valence-corrected chi connectivity index (χ3v) is 7.56. The van der Waals surface area contributed by atoms with E-state index in [2.05, 4.69) is 21.6 Å². The zero-order valence-electron chi connectivity index (χ0n) is 16.4. The molecule has 3 saturated heterocycles. The summed E-state index contributed by atoms with van der Waals surface area (Å²) in [5, 5.41) is 0. The van der Waals surface area contributed by atoms with Crippen molar-refractivity contribution in [2.45, 2.75) is 64.8 Å². The van der Waals surface area contributed by atoms with Gasteiger partial charge in [0.2, 0.25) is 5.91 Å². The predicted molar refractivity (Wildman–Crippen MR) is 101 cm³/mol. The van der Waals surface area contributed by atoms with Crippen molar-refractivity contribution in [3.63, 3.8) is 0 Å². The molecular weight excluding hydrogens is 310 g/mol. The van der Waals surface area contributed by atoms with Crippen LogP contribution in [0.1, 0.15) is 58.8 Å². The fourth-order valence-electron chi connectivity index (χ4n) is 5.94. The molecule has 1 saturated carbocycles. The SMILES string of the molecule is CCC(=O)N1CC2(CC(CN3CCC(N4CCC(C)CC4)CC3)C2)C1. The van der Waals surface area contributed by atoms with Gasteiger partial charge in [-0.3, -0.25) is 4.79 Å². The highest BCUT2D eigenvalue weighted by molar-refractivity contribution is 5.77. The first-order valence-electron chi connectivity index (χ1n) is 10.8. The molecule has 3 heterocycles. The smallest absolute Gasteiger partial charge is 0.222 e. The lowest BCUT2D eigenvalue weighted by atomic mass is 9.57. The molecule has 25 heavy (non-hydrogen) atoms.